The monoisotopic (exact) mass is 172 g/mol. The Balaban J connectivity index is 3.46. The first-order chi connectivity index (χ1) is 5.48. The van der Waals surface area contributed by atoms with Crippen LogP contribution in [0.15, 0.2) is 0 Å². The fourth-order valence-electron chi connectivity index (χ4n) is 0.951. The molecule has 0 aliphatic carbocycles. The van der Waals surface area contributed by atoms with E-state index in [1.54, 1.807) is 0 Å². The Hall–Kier alpha value is -0.210. The second-order valence-electron chi connectivity index (χ2n) is 4.10. The van der Waals surface area contributed by atoms with Gasteiger partial charge in [-0.15, -0.1) is 0 Å². The van der Waals surface area contributed by atoms with Gasteiger partial charge in [-0.05, 0) is 26.8 Å². The van der Waals surface area contributed by atoms with Crippen LogP contribution in [-0.2, 0) is 4.74 Å². The van der Waals surface area contributed by atoms with E-state index in [-0.39, 0.29) is 5.60 Å². The van der Waals surface area contributed by atoms with Gasteiger partial charge in [0.05, 0.1) is 32.0 Å². The molecule has 0 radical (unpaired) electrons. The van der Waals surface area contributed by atoms with Crippen LogP contribution in [0.3, 0.4) is 0 Å². The molecule has 0 aromatic heterocycles. The van der Waals surface area contributed by atoms with Crippen molar-refractivity contribution in [3.05, 3.63) is 5.92 Å². The van der Waals surface area contributed by atoms with Crippen LogP contribution in [0.2, 0.25) is 0 Å². The predicted octanol–water partition coefficient (Wildman–Crippen LogP) is 2.13. The molecule has 0 fully saturated rings. The maximum atomic E-state index is 5.68. The first-order valence-electron chi connectivity index (χ1n) is 4.61. The Bertz CT molecular complexity index is 110. The third kappa shape index (κ3) is 6.50. The number of rotatable bonds is 6. The summed E-state index contributed by atoms with van der Waals surface area (Å²) in [5, 5.41) is 0. The Morgan fingerprint density at radius 3 is 2.33 bits per heavy atom. The average Bonchev–Trinajstić information content (AvgIpc) is 1.85. The van der Waals surface area contributed by atoms with E-state index in [1.165, 1.54) is 5.92 Å². The zero-order valence-corrected chi connectivity index (χ0v) is 8.81. The van der Waals surface area contributed by atoms with E-state index >= 15 is 0 Å². The first kappa shape index (κ1) is 11.8. The van der Waals surface area contributed by atoms with E-state index in [9.17, 15) is 0 Å². The molecule has 0 saturated carbocycles. The van der Waals surface area contributed by atoms with Crippen molar-refractivity contribution in [2.45, 2.75) is 46.1 Å². The van der Waals surface area contributed by atoms with E-state index in [1.807, 2.05) is 0 Å². The van der Waals surface area contributed by atoms with Gasteiger partial charge in [-0.1, -0.05) is 0 Å². The van der Waals surface area contributed by atoms with Gasteiger partial charge in [-0.25, -0.2) is 0 Å². The zero-order chi connectivity index (χ0) is 9.61. The zero-order valence-electron chi connectivity index (χ0n) is 8.81. The molecular weight excluding hydrogens is 150 g/mol. The van der Waals surface area contributed by atoms with Crippen LogP contribution in [-0.4, -0.2) is 18.8 Å². The number of hydrogen-bond acceptors (Lipinski definition) is 2. The topological polar surface area (TPSA) is 35.2 Å². The van der Waals surface area contributed by atoms with Gasteiger partial charge >= 0.3 is 0 Å². The quantitative estimate of drug-likeness (QED) is 0.623. The molecule has 0 heterocycles. The highest BCUT2D eigenvalue weighted by atomic mass is 16.5. The maximum Gasteiger partial charge on any atom is 0.113 e. The van der Waals surface area contributed by atoms with Gasteiger partial charge in [-0.3, -0.25) is 0 Å². The normalized spacial score (nSPS) is 11.8. The van der Waals surface area contributed by atoms with Crippen molar-refractivity contribution in [3.63, 3.8) is 0 Å². The van der Waals surface area contributed by atoms with Crippen molar-refractivity contribution >= 4 is 0 Å². The number of ether oxygens (including phenoxy) is 1. The first-order valence-corrected chi connectivity index (χ1v) is 4.61. The minimum absolute atomic E-state index is 0.0514. The van der Waals surface area contributed by atoms with Crippen molar-refractivity contribution in [2.24, 2.45) is 5.73 Å². The smallest absolute Gasteiger partial charge is 0.113 e. The standard InChI is InChI=1S/C10H22NO/c1-9(2)5-8-12-10(3,4)6-7-11/h5-8,11H2,1-4H3/q+1. The van der Waals surface area contributed by atoms with E-state index in [4.69, 9.17) is 10.5 Å². The molecule has 0 aliphatic rings. The Morgan fingerprint density at radius 2 is 1.92 bits per heavy atom. The van der Waals surface area contributed by atoms with Gasteiger partial charge in [0.15, 0.2) is 0 Å². The second-order valence-corrected chi connectivity index (χ2v) is 4.10. The van der Waals surface area contributed by atoms with Crippen molar-refractivity contribution in [1.82, 2.24) is 0 Å². The summed E-state index contributed by atoms with van der Waals surface area (Å²) in [6.45, 7) is 9.94. The molecule has 72 valence electrons. The molecular formula is C10H22NO+. The van der Waals surface area contributed by atoms with Crippen LogP contribution >= 0.6 is 0 Å². The van der Waals surface area contributed by atoms with Crippen molar-refractivity contribution < 1.29 is 4.74 Å². The molecule has 0 spiro atoms. The van der Waals surface area contributed by atoms with Crippen molar-refractivity contribution in [3.8, 4) is 0 Å². The van der Waals surface area contributed by atoms with Crippen LogP contribution < -0.4 is 5.73 Å². The second kappa shape index (κ2) is 5.44. The number of nitrogens with two attached hydrogens (primary N) is 1. The van der Waals surface area contributed by atoms with Crippen LogP contribution in [0.5, 0.6) is 0 Å². The molecule has 0 unspecified atom stereocenters. The van der Waals surface area contributed by atoms with Gasteiger partial charge in [-0.2, -0.15) is 0 Å². The molecule has 2 N–H and O–H groups in total. The molecule has 12 heavy (non-hydrogen) atoms. The molecule has 0 aliphatic heterocycles. The number of hydrogen-bond donors (Lipinski definition) is 1. The van der Waals surface area contributed by atoms with Crippen molar-refractivity contribution in [1.29, 1.82) is 0 Å². The summed E-state index contributed by atoms with van der Waals surface area (Å²) in [4.78, 5) is 0. The molecule has 2 heteroatoms. The van der Waals surface area contributed by atoms with Gasteiger partial charge in [0.2, 0.25) is 0 Å². The maximum absolute atomic E-state index is 5.68. The van der Waals surface area contributed by atoms with Crippen LogP contribution in [0.25, 0.3) is 0 Å². The van der Waals surface area contributed by atoms with Gasteiger partial charge in [0, 0.05) is 0 Å². The van der Waals surface area contributed by atoms with Crippen LogP contribution in [0.1, 0.15) is 40.5 Å². The minimum atomic E-state index is -0.0514. The van der Waals surface area contributed by atoms with Gasteiger partial charge in [0.25, 0.3) is 0 Å². The molecule has 0 rings (SSSR count). The van der Waals surface area contributed by atoms with E-state index < -0.39 is 0 Å². The van der Waals surface area contributed by atoms with Crippen molar-refractivity contribution in [2.75, 3.05) is 13.2 Å². The fourth-order valence-corrected chi connectivity index (χ4v) is 0.951. The molecule has 0 atom stereocenters. The molecule has 0 aromatic carbocycles. The SMILES string of the molecule is C[C+](C)CCOC(C)(C)CCN. The minimum Gasteiger partial charge on any atom is -0.371 e. The summed E-state index contributed by atoms with van der Waals surface area (Å²) in [5.41, 5.74) is 5.41. The summed E-state index contributed by atoms with van der Waals surface area (Å²) in [6.07, 6.45) is 1.98. The highest BCUT2D eigenvalue weighted by Gasteiger charge is 2.18. The fraction of sp³-hybridized carbons (Fsp3) is 0.900. The molecule has 0 amide bonds. The van der Waals surface area contributed by atoms with E-state index in [0.717, 1.165) is 19.4 Å². The summed E-state index contributed by atoms with van der Waals surface area (Å²) in [5.74, 6) is 1.42. The Labute approximate surface area is 76.5 Å². The summed E-state index contributed by atoms with van der Waals surface area (Å²) in [7, 11) is 0. The average molecular weight is 172 g/mol. The summed E-state index contributed by atoms with van der Waals surface area (Å²) >= 11 is 0. The van der Waals surface area contributed by atoms with Gasteiger partial charge < -0.3 is 10.5 Å². The third-order valence-electron chi connectivity index (χ3n) is 1.84. The lowest BCUT2D eigenvalue weighted by atomic mass is 10.1. The summed E-state index contributed by atoms with van der Waals surface area (Å²) < 4.78 is 5.68. The third-order valence-corrected chi connectivity index (χ3v) is 1.84. The lowest BCUT2D eigenvalue weighted by Gasteiger charge is -2.23. The molecule has 0 saturated heterocycles. The highest BCUT2D eigenvalue weighted by Crippen LogP contribution is 2.14. The van der Waals surface area contributed by atoms with Crippen LogP contribution in [0, 0.1) is 5.92 Å². The Morgan fingerprint density at radius 1 is 1.33 bits per heavy atom. The predicted molar refractivity (Wildman–Crippen MR) is 52.9 cm³/mol. The molecule has 0 bridgehead atoms. The lowest BCUT2D eigenvalue weighted by Crippen LogP contribution is -2.28. The lowest BCUT2D eigenvalue weighted by molar-refractivity contribution is -0.0212. The Kier molecular flexibility index (Phi) is 5.34. The van der Waals surface area contributed by atoms with E-state index in [0.29, 0.717) is 6.54 Å². The molecule has 2 nitrogen and oxygen atoms in total. The summed E-state index contributed by atoms with van der Waals surface area (Å²) in [6, 6.07) is 0. The van der Waals surface area contributed by atoms with Gasteiger partial charge in [0.1, 0.15) is 6.42 Å². The molecule has 0 aromatic rings. The van der Waals surface area contributed by atoms with Crippen LogP contribution in [0.4, 0.5) is 0 Å². The highest BCUT2D eigenvalue weighted by molar-refractivity contribution is 4.77. The largest absolute Gasteiger partial charge is 0.371 e. The van der Waals surface area contributed by atoms with E-state index in [2.05, 4.69) is 27.7 Å².